The number of hydrogen-bond acceptors (Lipinski definition) is 3. The van der Waals surface area contributed by atoms with Gasteiger partial charge in [0.25, 0.3) is 0 Å². The molecule has 0 aliphatic heterocycles. The van der Waals surface area contributed by atoms with Crippen molar-refractivity contribution < 1.29 is 19.4 Å². The van der Waals surface area contributed by atoms with Gasteiger partial charge in [0.1, 0.15) is 0 Å². The van der Waals surface area contributed by atoms with Crippen LogP contribution in [0.4, 0.5) is 0 Å². The predicted molar refractivity (Wildman–Crippen MR) is 86.0 cm³/mol. The van der Waals surface area contributed by atoms with Crippen molar-refractivity contribution in [1.29, 1.82) is 0 Å². The van der Waals surface area contributed by atoms with Crippen LogP contribution in [0.5, 0.6) is 11.5 Å². The van der Waals surface area contributed by atoms with Crippen molar-refractivity contribution in [2.75, 3.05) is 13.2 Å². The first-order valence-electron chi connectivity index (χ1n) is 7.62. The minimum atomic E-state index is -0.838. The number of ether oxygens (including phenoxy) is 2. The molecular formula is C17H23NO4. The van der Waals surface area contributed by atoms with Crippen molar-refractivity contribution in [2.45, 2.75) is 40.2 Å². The number of fused-ring (bicyclic) bond motifs is 1. The molecule has 0 saturated heterocycles. The van der Waals surface area contributed by atoms with Gasteiger partial charge in [0, 0.05) is 23.7 Å². The lowest BCUT2D eigenvalue weighted by Crippen LogP contribution is -2.01. The SMILES string of the molecule is CCOc1cc2c(CC(=O)O)cn(C(C)C)c2cc1OCC. The maximum Gasteiger partial charge on any atom is 0.307 e. The summed E-state index contributed by atoms with van der Waals surface area (Å²) in [5.41, 5.74) is 1.76. The number of carboxylic acids is 1. The van der Waals surface area contributed by atoms with E-state index in [0.29, 0.717) is 24.7 Å². The Morgan fingerprint density at radius 3 is 2.27 bits per heavy atom. The Bertz CT molecular complexity index is 673. The first-order chi connectivity index (χ1) is 10.5. The molecule has 0 atom stereocenters. The molecule has 2 rings (SSSR count). The van der Waals surface area contributed by atoms with Gasteiger partial charge in [-0.2, -0.15) is 0 Å². The summed E-state index contributed by atoms with van der Waals surface area (Å²) < 4.78 is 13.4. The summed E-state index contributed by atoms with van der Waals surface area (Å²) in [5.74, 6) is 0.512. The summed E-state index contributed by atoms with van der Waals surface area (Å²) in [6.07, 6.45) is 1.91. The van der Waals surface area contributed by atoms with Gasteiger partial charge in [0.05, 0.1) is 25.2 Å². The Morgan fingerprint density at radius 2 is 1.77 bits per heavy atom. The summed E-state index contributed by atoms with van der Waals surface area (Å²) in [5, 5.41) is 10.0. The molecule has 0 aliphatic rings. The predicted octanol–water partition coefficient (Wildman–Crippen LogP) is 3.65. The van der Waals surface area contributed by atoms with Gasteiger partial charge in [-0.25, -0.2) is 0 Å². The van der Waals surface area contributed by atoms with Crippen LogP contribution in [0.25, 0.3) is 10.9 Å². The number of hydrogen-bond donors (Lipinski definition) is 1. The van der Waals surface area contributed by atoms with Crippen molar-refractivity contribution in [3.05, 3.63) is 23.9 Å². The van der Waals surface area contributed by atoms with E-state index in [1.54, 1.807) is 0 Å². The highest BCUT2D eigenvalue weighted by Gasteiger charge is 2.17. The second-order valence-corrected chi connectivity index (χ2v) is 5.41. The molecule has 0 unspecified atom stereocenters. The largest absolute Gasteiger partial charge is 0.490 e. The number of rotatable bonds is 7. The minimum Gasteiger partial charge on any atom is -0.490 e. The van der Waals surface area contributed by atoms with Crippen molar-refractivity contribution in [2.24, 2.45) is 0 Å². The molecule has 0 fully saturated rings. The summed E-state index contributed by atoms with van der Waals surface area (Å²) in [6.45, 7) is 9.07. The topological polar surface area (TPSA) is 60.7 Å². The monoisotopic (exact) mass is 305 g/mol. The number of aliphatic carboxylic acids is 1. The van der Waals surface area contributed by atoms with Gasteiger partial charge in [0.15, 0.2) is 11.5 Å². The fourth-order valence-corrected chi connectivity index (χ4v) is 2.59. The van der Waals surface area contributed by atoms with Gasteiger partial charge in [-0.15, -0.1) is 0 Å². The molecule has 0 saturated carbocycles. The lowest BCUT2D eigenvalue weighted by atomic mass is 10.1. The van der Waals surface area contributed by atoms with Crippen LogP contribution in [-0.2, 0) is 11.2 Å². The third kappa shape index (κ3) is 3.18. The molecule has 5 heteroatoms. The van der Waals surface area contributed by atoms with E-state index in [-0.39, 0.29) is 12.5 Å². The van der Waals surface area contributed by atoms with Crippen molar-refractivity contribution in [1.82, 2.24) is 4.57 Å². The van der Waals surface area contributed by atoms with Crippen LogP contribution in [0.3, 0.4) is 0 Å². The van der Waals surface area contributed by atoms with E-state index < -0.39 is 5.97 Å². The molecule has 120 valence electrons. The van der Waals surface area contributed by atoms with E-state index in [2.05, 4.69) is 18.4 Å². The second-order valence-electron chi connectivity index (χ2n) is 5.41. The Morgan fingerprint density at radius 1 is 1.18 bits per heavy atom. The lowest BCUT2D eigenvalue weighted by Gasteiger charge is -2.14. The average Bonchev–Trinajstić information content (AvgIpc) is 2.77. The second kappa shape index (κ2) is 6.73. The maximum absolute atomic E-state index is 11.1. The Labute approximate surface area is 130 Å². The van der Waals surface area contributed by atoms with Crippen LogP contribution in [-0.4, -0.2) is 28.9 Å². The van der Waals surface area contributed by atoms with Gasteiger partial charge in [-0.05, 0) is 39.3 Å². The molecule has 0 radical (unpaired) electrons. The molecule has 1 N–H and O–H groups in total. The number of nitrogens with zero attached hydrogens (tertiary/aromatic N) is 1. The standard InChI is InChI=1S/C17H23NO4/c1-5-21-15-8-13-12(7-17(19)20)10-18(11(3)4)14(13)9-16(15)22-6-2/h8-11H,5-7H2,1-4H3,(H,19,20). The summed E-state index contributed by atoms with van der Waals surface area (Å²) in [4.78, 5) is 11.1. The molecule has 1 heterocycles. The molecular weight excluding hydrogens is 282 g/mol. The quantitative estimate of drug-likeness (QED) is 0.848. The van der Waals surface area contributed by atoms with Crippen LogP contribution >= 0.6 is 0 Å². The number of aromatic nitrogens is 1. The third-order valence-corrected chi connectivity index (χ3v) is 3.48. The Kier molecular flexibility index (Phi) is 4.96. The first kappa shape index (κ1) is 16.2. The van der Waals surface area contributed by atoms with Crippen LogP contribution in [0.15, 0.2) is 18.3 Å². The van der Waals surface area contributed by atoms with E-state index in [1.165, 1.54) is 0 Å². The summed E-state index contributed by atoms with van der Waals surface area (Å²) in [7, 11) is 0. The fraction of sp³-hybridized carbons (Fsp3) is 0.471. The molecule has 22 heavy (non-hydrogen) atoms. The van der Waals surface area contributed by atoms with Gasteiger partial charge < -0.3 is 19.1 Å². The molecule has 0 spiro atoms. The van der Waals surface area contributed by atoms with Crippen molar-refractivity contribution >= 4 is 16.9 Å². The number of carbonyl (C=O) groups is 1. The molecule has 0 aliphatic carbocycles. The lowest BCUT2D eigenvalue weighted by molar-refractivity contribution is -0.136. The molecule has 1 aromatic carbocycles. The van der Waals surface area contributed by atoms with Crippen LogP contribution < -0.4 is 9.47 Å². The normalized spacial score (nSPS) is 11.1. The molecule has 0 bridgehead atoms. The minimum absolute atomic E-state index is 0.00420. The number of carboxylic acid groups (broad SMARTS) is 1. The van der Waals surface area contributed by atoms with Gasteiger partial charge >= 0.3 is 5.97 Å². The highest BCUT2D eigenvalue weighted by molar-refractivity contribution is 5.90. The zero-order chi connectivity index (χ0) is 16.3. The van der Waals surface area contributed by atoms with Crippen LogP contribution in [0.1, 0.15) is 39.3 Å². The van der Waals surface area contributed by atoms with Gasteiger partial charge in [0.2, 0.25) is 0 Å². The average molecular weight is 305 g/mol. The van der Waals surface area contributed by atoms with Crippen LogP contribution in [0.2, 0.25) is 0 Å². The third-order valence-electron chi connectivity index (χ3n) is 3.48. The van der Waals surface area contributed by atoms with E-state index in [4.69, 9.17) is 14.6 Å². The number of benzene rings is 1. The highest BCUT2D eigenvalue weighted by atomic mass is 16.5. The molecule has 5 nitrogen and oxygen atoms in total. The van der Waals surface area contributed by atoms with Crippen molar-refractivity contribution in [3.8, 4) is 11.5 Å². The smallest absolute Gasteiger partial charge is 0.307 e. The molecule has 2 aromatic rings. The maximum atomic E-state index is 11.1. The Balaban J connectivity index is 2.67. The van der Waals surface area contributed by atoms with E-state index in [1.807, 2.05) is 32.2 Å². The van der Waals surface area contributed by atoms with E-state index >= 15 is 0 Å². The van der Waals surface area contributed by atoms with Crippen LogP contribution in [0, 0.1) is 0 Å². The first-order valence-corrected chi connectivity index (χ1v) is 7.62. The summed E-state index contributed by atoms with van der Waals surface area (Å²) >= 11 is 0. The van der Waals surface area contributed by atoms with E-state index in [0.717, 1.165) is 16.5 Å². The molecule has 0 amide bonds. The molecule has 1 aromatic heterocycles. The Hall–Kier alpha value is -2.17. The zero-order valence-electron chi connectivity index (χ0n) is 13.5. The zero-order valence-corrected chi connectivity index (χ0v) is 13.5. The van der Waals surface area contributed by atoms with Gasteiger partial charge in [-0.3, -0.25) is 4.79 Å². The van der Waals surface area contributed by atoms with E-state index in [9.17, 15) is 4.79 Å². The van der Waals surface area contributed by atoms with Gasteiger partial charge in [-0.1, -0.05) is 0 Å². The fourth-order valence-electron chi connectivity index (χ4n) is 2.59. The highest BCUT2D eigenvalue weighted by Crippen LogP contribution is 2.36. The summed E-state index contributed by atoms with van der Waals surface area (Å²) in [6, 6.07) is 4.06. The van der Waals surface area contributed by atoms with Crippen molar-refractivity contribution in [3.63, 3.8) is 0 Å².